The van der Waals surface area contributed by atoms with Gasteiger partial charge in [-0.1, -0.05) is 37.7 Å². The summed E-state index contributed by atoms with van der Waals surface area (Å²) in [4.78, 5) is 13.0. The third-order valence-electron chi connectivity index (χ3n) is 5.69. The van der Waals surface area contributed by atoms with Crippen molar-refractivity contribution in [3.05, 3.63) is 53.2 Å². The van der Waals surface area contributed by atoms with Crippen LogP contribution in [0.4, 0.5) is 0 Å². The molecular formula is C22H26N4O3S2. The molecule has 0 fully saturated rings. The maximum absolute atomic E-state index is 12.9. The van der Waals surface area contributed by atoms with Gasteiger partial charge in [0.15, 0.2) is 16.6 Å². The van der Waals surface area contributed by atoms with Gasteiger partial charge in [0, 0.05) is 24.8 Å². The minimum absolute atomic E-state index is 0.0297. The van der Waals surface area contributed by atoms with E-state index < -0.39 is 10.0 Å². The summed E-state index contributed by atoms with van der Waals surface area (Å²) in [6.07, 6.45) is 6.03. The first-order chi connectivity index (χ1) is 14.9. The summed E-state index contributed by atoms with van der Waals surface area (Å²) in [6, 6.07) is 9.18. The average Bonchev–Trinajstić information content (AvgIpc) is 3.20. The Morgan fingerprint density at radius 1 is 1.06 bits per heavy atom. The minimum Gasteiger partial charge on any atom is -0.293 e. The third kappa shape index (κ3) is 4.40. The van der Waals surface area contributed by atoms with Gasteiger partial charge in [-0.15, -0.1) is 10.2 Å². The Kier molecular flexibility index (Phi) is 6.45. The quantitative estimate of drug-likeness (QED) is 0.379. The Balaban J connectivity index is 1.54. The summed E-state index contributed by atoms with van der Waals surface area (Å²) >= 11 is 1.27. The molecule has 0 saturated heterocycles. The zero-order chi connectivity index (χ0) is 22.0. The number of Topliss-reactive ketones (excluding diaryl/α,β-unsaturated/α-hetero) is 1. The molecule has 9 heteroatoms. The van der Waals surface area contributed by atoms with Crippen molar-refractivity contribution < 1.29 is 13.2 Å². The maximum atomic E-state index is 12.9. The summed E-state index contributed by atoms with van der Waals surface area (Å²) in [5.74, 6) is 0.245. The predicted molar refractivity (Wildman–Crippen MR) is 121 cm³/mol. The van der Waals surface area contributed by atoms with Crippen molar-refractivity contribution in [1.82, 2.24) is 18.9 Å². The minimum atomic E-state index is -3.59. The van der Waals surface area contributed by atoms with Crippen LogP contribution in [0.5, 0.6) is 0 Å². The lowest BCUT2D eigenvalue weighted by molar-refractivity contribution is 0.102. The molecule has 4 rings (SSSR count). The van der Waals surface area contributed by atoms with Gasteiger partial charge in [0.2, 0.25) is 10.0 Å². The van der Waals surface area contributed by atoms with Crippen LogP contribution in [0.2, 0.25) is 0 Å². The highest BCUT2D eigenvalue weighted by Crippen LogP contribution is 2.25. The fourth-order valence-corrected chi connectivity index (χ4v) is 6.20. The van der Waals surface area contributed by atoms with Crippen LogP contribution in [0.15, 0.2) is 46.6 Å². The molecule has 0 aliphatic heterocycles. The number of aryl methyl sites for hydroxylation is 2. The number of hydrogen-bond acceptors (Lipinski definition) is 6. The van der Waals surface area contributed by atoms with E-state index in [1.807, 2.05) is 26.0 Å². The Hall–Kier alpha value is -2.23. The first-order valence-corrected chi connectivity index (χ1v) is 13.0. The summed E-state index contributed by atoms with van der Waals surface area (Å²) < 4.78 is 28.7. The summed E-state index contributed by atoms with van der Waals surface area (Å²) in [7, 11) is -3.59. The van der Waals surface area contributed by atoms with Gasteiger partial charge in [-0.25, -0.2) is 8.42 Å². The van der Waals surface area contributed by atoms with Crippen LogP contribution in [0.1, 0.15) is 48.2 Å². The van der Waals surface area contributed by atoms with Crippen molar-refractivity contribution in [3.8, 4) is 0 Å². The van der Waals surface area contributed by atoms with E-state index in [1.54, 1.807) is 16.5 Å². The molecule has 0 radical (unpaired) electrons. The number of sulfonamides is 1. The molecule has 1 aliphatic rings. The van der Waals surface area contributed by atoms with E-state index in [9.17, 15) is 13.2 Å². The molecule has 2 aromatic heterocycles. The number of nitrogens with zero attached hydrogens (tertiary/aromatic N) is 4. The lowest BCUT2D eigenvalue weighted by Crippen LogP contribution is -2.30. The van der Waals surface area contributed by atoms with Crippen molar-refractivity contribution in [2.24, 2.45) is 0 Å². The molecule has 0 spiro atoms. The normalized spacial score (nSPS) is 14.2. The highest BCUT2D eigenvalue weighted by molar-refractivity contribution is 7.99. The van der Waals surface area contributed by atoms with E-state index in [0.717, 1.165) is 12.8 Å². The number of thioether (sulfide) groups is 1. The summed E-state index contributed by atoms with van der Waals surface area (Å²) in [5.41, 5.74) is 3.89. The van der Waals surface area contributed by atoms with Gasteiger partial charge in [-0.3, -0.25) is 9.20 Å². The van der Waals surface area contributed by atoms with Crippen molar-refractivity contribution in [2.75, 3.05) is 18.8 Å². The van der Waals surface area contributed by atoms with Gasteiger partial charge in [-0.2, -0.15) is 4.31 Å². The summed E-state index contributed by atoms with van der Waals surface area (Å²) in [6.45, 7) is 4.42. The van der Waals surface area contributed by atoms with Crippen LogP contribution in [0.3, 0.4) is 0 Å². The van der Waals surface area contributed by atoms with Crippen LogP contribution in [0, 0.1) is 0 Å². The second-order valence-corrected chi connectivity index (χ2v) is 10.4. The molecule has 1 aliphatic carbocycles. The number of pyridine rings is 1. The number of aromatic nitrogens is 3. The van der Waals surface area contributed by atoms with E-state index in [0.29, 0.717) is 29.5 Å². The first kappa shape index (κ1) is 22.0. The molecule has 7 nitrogen and oxygen atoms in total. The number of rotatable bonds is 8. The topological polar surface area (TPSA) is 84.6 Å². The van der Waals surface area contributed by atoms with Gasteiger partial charge in [-0.05, 0) is 55.0 Å². The molecule has 164 valence electrons. The highest BCUT2D eigenvalue weighted by atomic mass is 32.2. The van der Waals surface area contributed by atoms with Crippen molar-refractivity contribution >= 4 is 33.2 Å². The second kappa shape index (κ2) is 9.10. The Bertz CT molecular complexity index is 1220. The first-order valence-electron chi connectivity index (χ1n) is 10.6. The largest absolute Gasteiger partial charge is 0.293 e. The predicted octanol–water partition coefficient (Wildman–Crippen LogP) is 3.61. The zero-order valence-corrected chi connectivity index (χ0v) is 19.4. The molecule has 31 heavy (non-hydrogen) atoms. The smallest absolute Gasteiger partial charge is 0.244 e. The lowest BCUT2D eigenvalue weighted by Gasteiger charge is -2.18. The Morgan fingerprint density at radius 2 is 1.81 bits per heavy atom. The van der Waals surface area contributed by atoms with Crippen molar-refractivity contribution in [1.29, 1.82) is 0 Å². The van der Waals surface area contributed by atoms with Crippen LogP contribution < -0.4 is 0 Å². The number of benzene rings is 1. The van der Waals surface area contributed by atoms with E-state index in [-0.39, 0.29) is 16.4 Å². The van der Waals surface area contributed by atoms with Gasteiger partial charge in [0.05, 0.1) is 10.6 Å². The van der Waals surface area contributed by atoms with Gasteiger partial charge >= 0.3 is 0 Å². The molecule has 1 aromatic carbocycles. The fraction of sp³-hybridized carbons (Fsp3) is 0.409. The van der Waals surface area contributed by atoms with E-state index in [2.05, 4.69) is 16.3 Å². The van der Waals surface area contributed by atoms with Gasteiger partial charge in [0.1, 0.15) is 0 Å². The van der Waals surface area contributed by atoms with Gasteiger partial charge < -0.3 is 0 Å². The second-order valence-electron chi connectivity index (χ2n) is 7.57. The monoisotopic (exact) mass is 458 g/mol. The van der Waals surface area contributed by atoms with E-state index in [4.69, 9.17) is 0 Å². The molecule has 0 atom stereocenters. The summed E-state index contributed by atoms with van der Waals surface area (Å²) in [5, 5.41) is 8.76. The fourth-order valence-electron chi connectivity index (χ4n) is 3.93. The third-order valence-corrected chi connectivity index (χ3v) is 8.67. The molecule has 2 heterocycles. The van der Waals surface area contributed by atoms with Crippen LogP contribution in [-0.2, 0) is 22.9 Å². The standard InChI is InChI=1S/C22H26N4O3S2/c1-3-25(4-2)31(28,29)19-11-12-21-23-24-22(26(21)14-19)30-15-20(27)18-10-9-16-7-5-6-8-17(16)13-18/h9-14H,3-8,15H2,1-2H3. The molecular weight excluding hydrogens is 432 g/mol. The molecule has 0 N–H and O–H groups in total. The van der Waals surface area contributed by atoms with Crippen LogP contribution in [-0.4, -0.2) is 51.9 Å². The molecule has 0 bridgehead atoms. The number of ketones is 1. The Labute approximate surface area is 186 Å². The number of carbonyl (C=O) groups excluding carboxylic acids is 1. The molecule has 0 amide bonds. The Morgan fingerprint density at radius 3 is 2.55 bits per heavy atom. The SMILES string of the molecule is CCN(CC)S(=O)(=O)c1ccc2nnc(SCC(=O)c3ccc4c(c3)CCCC4)n2c1. The molecule has 3 aromatic rings. The van der Waals surface area contributed by atoms with Crippen molar-refractivity contribution in [3.63, 3.8) is 0 Å². The molecule has 0 unspecified atom stereocenters. The molecule has 0 saturated carbocycles. The maximum Gasteiger partial charge on any atom is 0.244 e. The number of carbonyl (C=O) groups is 1. The van der Waals surface area contributed by atoms with Crippen molar-refractivity contribution in [2.45, 2.75) is 49.6 Å². The number of hydrogen-bond donors (Lipinski definition) is 0. The number of fused-ring (bicyclic) bond motifs is 2. The zero-order valence-electron chi connectivity index (χ0n) is 17.7. The average molecular weight is 459 g/mol. The van der Waals surface area contributed by atoms with Gasteiger partial charge in [0.25, 0.3) is 0 Å². The van der Waals surface area contributed by atoms with Crippen LogP contribution >= 0.6 is 11.8 Å². The van der Waals surface area contributed by atoms with Crippen LogP contribution in [0.25, 0.3) is 5.65 Å². The van der Waals surface area contributed by atoms with E-state index in [1.165, 1.54) is 46.2 Å². The lowest BCUT2D eigenvalue weighted by atomic mass is 9.90. The van der Waals surface area contributed by atoms with E-state index >= 15 is 0 Å². The highest BCUT2D eigenvalue weighted by Gasteiger charge is 2.23.